The maximum Gasteiger partial charge on any atom is 0.126 e. The molecule has 0 aliphatic rings. The zero-order valence-electron chi connectivity index (χ0n) is 12.5. The van der Waals surface area contributed by atoms with Gasteiger partial charge in [-0.05, 0) is 37.3 Å². The SMILES string of the molecule is COc1ccc(NCc2nc(C)nc3ccccc23)cc1.Cl. The number of aromatic nitrogens is 2. The van der Waals surface area contributed by atoms with E-state index in [0.717, 1.165) is 33.9 Å². The molecule has 4 nitrogen and oxygen atoms in total. The van der Waals surface area contributed by atoms with Gasteiger partial charge in [-0.15, -0.1) is 12.4 Å². The van der Waals surface area contributed by atoms with Crippen LogP contribution in [-0.4, -0.2) is 17.1 Å². The predicted octanol–water partition coefficient (Wildman–Crippen LogP) is 3.98. The van der Waals surface area contributed by atoms with E-state index >= 15 is 0 Å². The zero-order chi connectivity index (χ0) is 14.7. The van der Waals surface area contributed by atoms with Gasteiger partial charge in [0.2, 0.25) is 0 Å². The first-order chi connectivity index (χ1) is 10.3. The first-order valence-corrected chi connectivity index (χ1v) is 6.86. The molecule has 3 aromatic rings. The second kappa shape index (κ2) is 7.09. The molecule has 0 fully saturated rings. The van der Waals surface area contributed by atoms with E-state index in [-0.39, 0.29) is 12.4 Å². The normalized spacial score (nSPS) is 10.1. The average molecular weight is 316 g/mol. The summed E-state index contributed by atoms with van der Waals surface area (Å²) >= 11 is 0. The van der Waals surface area contributed by atoms with Crippen molar-refractivity contribution in [2.75, 3.05) is 12.4 Å². The van der Waals surface area contributed by atoms with Crippen LogP contribution in [0.2, 0.25) is 0 Å². The number of hydrogen-bond acceptors (Lipinski definition) is 4. The number of benzene rings is 2. The van der Waals surface area contributed by atoms with Gasteiger partial charge in [0.1, 0.15) is 11.6 Å². The Bertz CT molecular complexity index is 759. The van der Waals surface area contributed by atoms with E-state index in [1.54, 1.807) is 7.11 Å². The highest BCUT2D eigenvalue weighted by Gasteiger charge is 2.05. The molecule has 2 aromatic carbocycles. The third kappa shape index (κ3) is 3.46. The van der Waals surface area contributed by atoms with Crippen LogP contribution >= 0.6 is 12.4 Å². The Morgan fingerprint density at radius 3 is 2.45 bits per heavy atom. The minimum absolute atomic E-state index is 0. The third-order valence-electron chi connectivity index (χ3n) is 3.34. The highest BCUT2D eigenvalue weighted by Crippen LogP contribution is 2.19. The Morgan fingerprint density at radius 1 is 1.00 bits per heavy atom. The lowest BCUT2D eigenvalue weighted by molar-refractivity contribution is 0.415. The molecule has 0 atom stereocenters. The van der Waals surface area contributed by atoms with Gasteiger partial charge < -0.3 is 10.1 Å². The summed E-state index contributed by atoms with van der Waals surface area (Å²) in [5.74, 6) is 1.64. The topological polar surface area (TPSA) is 47.0 Å². The summed E-state index contributed by atoms with van der Waals surface area (Å²) < 4.78 is 5.16. The maximum absolute atomic E-state index is 5.16. The van der Waals surface area contributed by atoms with Crippen molar-refractivity contribution in [1.82, 2.24) is 9.97 Å². The smallest absolute Gasteiger partial charge is 0.126 e. The number of halogens is 1. The van der Waals surface area contributed by atoms with Gasteiger partial charge >= 0.3 is 0 Å². The molecule has 0 bridgehead atoms. The van der Waals surface area contributed by atoms with E-state index in [1.165, 1.54) is 0 Å². The lowest BCUT2D eigenvalue weighted by Gasteiger charge is -2.10. The molecule has 0 amide bonds. The predicted molar refractivity (Wildman–Crippen MR) is 91.8 cm³/mol. The molecule has 1 heterocycles. The molecular formula is C17H18ClN3O. The molecule has 0 spiro atoms. The minimum atomic E-state index is 0. The minimum Gasteiger partial charge on any atom is -0.497 e. The van der Waals surface area contributed by atoms with E-state index in [1.807, 2.05) is 49.4 Å². The van der Waals surface area contributed by atoms with Crippen molar-refractivity contribution in [3.63, 3.8) is 0 Å². The number of nitrogens with one attached hydrogen (secondary N) is 1. The number of para-hydroxylation sites is 1. The molecule has 3 rings (SSSR count). The average Bonchev–Trinajstić information content (AvgIpc) is 2.53. The molecule has 1 aromatic heterocycles. The van der Waals surface area contributed by atoms with Gasteiger partial charge in [0.25, 0.3) is 0 Å². The summed E-state index contributed by atoms with van der Waals surface area (Å²) in [6.45, 7) is 2.58. The van der Waals surface area contributed by atoms with Gasteiger partial charge in [0.15, 0.2) is 0 Å². The fourth-order valence-corrected chi connectivity index (χ4v) is 2.30. The molecule has 0 aliphatic heterocycles. The Hall–Kier alpha value is -2.33. The molecule has 1 N–H and O–H groups in total. The number of fused-ring (bicyclic) bond motifs is 1. The summed E-state index contributed by atoms with van der Waals surface area (Å²) in [6, 6.07) is 15.9. The highest BCUT2D eigenvalue weighted by atomic mass is 35.5. The van der Waals surface area contributed by atoms with Gasteiger partial charge in [-0.2, -0.15) is 0 Å². The van der Waals surface area contributed by atoms with Crippen molar-refractivity contribution in [3.8, 4) is 5.75 Å². The first kappa shape index (κ1) is 16.0. The fourth-order valence-electron chi connectivity index (χ4n) is 2.30. The van der Waals surface area contributed by atoms with Gasteiger partial charge in [-0.1, -0.05) is 18.2 Å². The van der Waals surface area contributed by atoms with Crippen molar-refractivity contribution in [3.05, 3.63) is 60.0 Å². The Labute approximate surface area is 136 Å². The second-order valence-electron chi connectivity index (χ2n) is 4.82. The molecule has 0 saturated carbocycles. The molecule has 0 saturated heterocycles. The van der Waals surface area contributed by atoms with Crippen LogP contribution in [0.3, 0.4) is 0 Å². The van der Waals surface area contributed by atoms with Crippen LogP contribution in [0.5, 0.6) is 5.75 Å². The summed E-state index contributed by atoms with van der Waals surface area (Å²) in [6.07, 6.45) is 0. The van der Waals surface area contributed by atoms with E-state index in [2.05, 4.69) is 21.4 Å². The largest absolute Gasteiger partial charge is 0.497 e. The molecule has 114 valence electrons. The second-order valence-corrected chi connectivity index (χ2v) is 4.82. The molecule has 0 unspecified atom stereocenters. The van der Waals surface area contributed by atoms with E-state index in [0.29, 0.717) is 6.54 Å². The molecule has 0 aliphatic carbocycles. The number of hydrogen-bond donors (Lipinski definition) is 1. The van der Waals surface area contributed by atoms with Crippen molar-refractivity contribution in [2.45, 2.75) is 13.5 Å². The van der Waals surface area contributed by atoms with Crippen molar-refractivity contribution in [1.29, 1.82) is 0 Å². The van der Waals surface area contributed by atoms with Crippen LogP contribution in [0, 0.1) is 6.92 Å². The summed E-state index contributed by atoms with van der Waals surface area (Å²) in [7, 11) is 1.66. The van der Waals surface area contributed by atoms with Crippen LogP contribution in [0.1, 0.15) is 11.5 Å². The molecular weight excluding hydrogens is 298 g/mol. The van der Waals surface area contributed by atoms with Crippen LogP contribution in [-0.2, 0) is 6.54 Å². The van der Waals surface area contributed by atoms with Gasteiger partial charge in [-0.3, -0.25) is 0 Å². The van der Waals surface area contributed by atoms with Crippen molar-refractivity contribution in [2.24, 2.45) is 0 Å². The monoisotopic (exact) mass is 315 g/mol. The number of aryl methyl sites for hydroxylation is 1. The highest BCUT2D eigenvalue weighted by molar-refractivity contribution is 5.85. The zero-order valence-corrected chi connectivity index (χ0v) is 13.4. The van der Waals surface area contributed by atoms with E-state index in [4.69, 9.17) is 4.74 Å². The number of nitrogens with zero attached hydrogens (tertiary/aromatic N) is 2. The van der Waals surface area contributed by atoms with Crippen LogP contribution in [0.15, 0.2) is 48.5 Å². The van der Waals surface area contributed by atoms with Crippen LogP contribution in [0.25, 0.3) is 10.9 Å². The Morgan fingerprint density at radius 2 is 1.73 bits per heavy atom. The lowest BCUT2D eigenvalue weighted by Crippen LogP contribution is -2.04. The summed E-state index contributed by atoms with van der Waals surface area (Å²) in [4.78, 5) is 9.01. The quantitative estimate of drug-likeness (QED) is 0.791. The van der Waals surface area contributed by atoms with Gasteiger partial charge in [-0.25, -0.2) is 9.97 Å². The summed E-state index contributed by atoms with van der Waals surface area (Å²) in [5, 5.41) is 4.47. The maximum atomic E-state index is 5.16. The number of ether oxygens (including phenoxy) is 1. The van der Waals surface area contributed by atoms with Crippen molar-refractivity contribution < 1.29 is 4.74 Å². The molecule has 22 heavy (non-hydrogen) atoms. The number of methoxy groups -OCH3 is 1. The number of rotatable bonds is 4. The number of anilines is 1. The standard InChI is InChI=1S/C17H17N3O.ClH/c1-12-19-16-6-4-3-5-15(16)17(20-12)11-18-13-7-9-14(21-2)10-8-13;/h3-10,18H,11H2,1-2H3;1H. The van der Waals surface area contributed by atoms with E-state index in [9.17, 15) is 0 Å². The first-order valence-electron chi connectivity index (χ1n) is 6.86. The van der Waals surface area contributed by atoms with E-state index < -0.39 is 0 Å². The Balaban J connectivity index is 0.00000176. The van der Waals surface area contributed by atoms with Crippen molar-refractivity contribution >= 4 is 29.0 Å². The lowest BCUT2D eigenvalue weighted by atomic mass is 10.2. The van der Waals surface area contributed by atoms with Crippen LogP contribution in [0.4, 0.5) is 5.69 Å². The Kier molecular flexibility index (Phi) is 5.17. The van der Waals surface area contributed by atoms with Crippen LogP contribution < -0.4 is 10.1 Å². The third-order valence-corrected chi connectivity index (χ3v) is 3.34. The van der Waals surface area contributed by atoms with Gasteiger partial charge in [0.05, 0.1) is 24.9 Å². The fraction of sp³-hybridized carbons (Fsp3) is 0.176. The summed E-state index contributed by atoms with van der Waals surface area (Å²) in [5.41, 5.74) is 3.03. The molecule has 5 heteroatoms. The van der Waals surface area contributed by atoms with Gasteiger partial charge in [0, 0.05) is 11.1 Å². The molecule has 0 radical (unpaired) electrons.